The molecule has 2 heterocycles. The summed E-state index contributed by atoms with van der Waals surface area (Å²) >= 11 is 0. The largest absolute Gasteiger partial charge is 0.497 e. The van der Waals surface area contributed by atoms with E-state index in [1.807, 2.05) is 42.5 Å². The van der Waals surface area contributed by atoms with Crippen molar-refractivity contribution in [2.75, 3.05) is 58.5 Å². The van der Waals surface area contributed by atoms with Gasteiger partial charge in [-0.2, -0.15) is 0 Å². The summed E-state index contributed by atoms with van der Waals surface area (Å²) in [4.78, 5) is 17.8. The first-order chi connectivity index (χ1) is 17.6. The average Bonchev–Trinajstić information content (AvgIpc) is 2.94. The number of hydrogen-bond donors (Lipinski definition) is 0. The molecule has 0 aliphatic carbocycles. The summed E-state index contributed by atoms with van der Waals surface area (Å²) in [5.41, 5.74) is 2.98. The Bertz CT molecular complexity index is 1360. The maximum Gasteiger partial charge on any atom is 0.200 e. The number of benzene rings is 3. The van der Waals surface area contributed by atoms with Gasteiger partial charge in [0, 0.05) is 44.5 Å². The molecule has 7 nitrogen and oxygen atoms in total. The van der Waals surface area contributed by atoms with E-state index in [0.29, 0.717) is 28.9 Å². The van der Waals surface area contributed by atoms with Crippen molar-refractivity contribution >= 4 is 16.7 Å². The second kappa shape index (κ2) is 10.7. The fourth-order valence-electron chi connectivity index (χ4n) is 4.48. The summed E-state index contributed by atoms with van der Waals surface area (Å²) in [5.74, 6) is 2.31. The fourth-order valence-corrected chi connectivity index (χ4v) is 4.48. The molecule has 0 unspecified atom stereocenters. The van der Waals surface area contributed by atoms with E-state index in [1.54, 1.807) is 26.4 Å². The zero-order valence-electron chi connectivity index (χ0n) is 20.6. The summed E-state index contributed by atoms with van der Waals surface area (Å²) in [7, 11) is 3.30. The molecule has 1 aromatic heterocycles. The molecule has 36 heavy (non-hydrogen) atoms. The molecule has 186 valence electrons. The van der Waals surface area contributed by atoms with E-state index in [1.165, 1.54) is 12.0 Å². The van der Waals surface area contributed by atoms with Crippen LogP contribution in [-0.2, 0) is 0 Å². The van der Waals surface area contributed by atoms with Gasteiger partial charge in [-0.25, -0.2) is 0 Å². The Labute approximate surface area is 210 Å². The molecule has 0 saturated carbocycles. The number of piperazine rings is 1. The first-order valence-electron chi connectivity index (χ1n) is 12.1. The average molecular weight is 487 g/mol. The third kappa shape index (κ3) is 5.16. The van der Waals surface area contributed by atoms with Crippen molar-refractivity contribution in [2.45, 2.75) is 0 Å². The molecule has 1 aliphatic heterocycles. The predicted molar refractivity (Wildman–Crippen MR) is 142 cm³/mol. The molecule has 0 N–H and O–H groups in total. The molecule has 1 aliphatic rings. The number of rotatable bonds is 8. The number of nitrogens with zero attached hydrogens (tertiary/aromatic N) is 2. The van der Waals surface area contributed by atoms with Crippen molar-refractivity contribution < 1.29 is 18.6 Å². The van der Waals surface area contributed by atoms with Crippen LogP contribution < -0.4 is 24.5 Å². The number of hydrogen-bond acceptors (Lipinski definition) is 7. The highest BCUT2D eigenvalue weighted by atomic mass is 16.5. The zero-order valence-corrected chi connectivity index (χ0v) is 20.6. The van der Waals surface area contributed by atoms with E-state index in [2.05, 4.69) is 21.9 Å². The summed E-state index contributed by atoms with van der Waals surface area (Å²) in [6.45, 7) is 5.33. The molecule has 0 radical (unpaired) electrons. The highest BCUT2D eigenvalue weighted by Gasteiger charge is 2.17. The van der Waals surface area contributed by atoms with Gasteiger partial charge in [-0.15, -0.1) is 0 Å². The van der Waals surface area contributed by atoms with Crippen molar-refractivity contribution in [2.24, 2.45) is 0 Å². The summed E-state index contributed by atoms with van der Waals surface area (Å²) in [6.07, 6.45) is 1.51. The van der Waals surface area contributed by atoms with Crippen LogP contribution in [0, 0.1) is 0 Å². The monoisotopic (exact) mass is 486 g/mol. The van der Waals surface area contributed by atoms with Crippen LogP contribution in [0.3, 0.4) is 0 Å². The van der Waals surface area contributed by atoms with Gasteiger partial charge in [0.15, 0.2) is 5.43 Å². The van der Waals surface area contributed by atoms with E-state index in [9.17, 15) is 4.79 Å². The zero-order chi connectivity index (χ0) is 24.9. The van der Waals surface area contributed by atoms with Crippen LogP contribution in [0.2, 0.25) is 0 Å². The Kier molecular flexibility index (Phi) is 7.09. The Balaban J connectivity index is 1.16. The minimum Gasteiger partial charge on any atom is -0.497 e. The lowest BCUT2D eigenvalue weighted by atomic mass is 10.1. The quantitative estimate of drug-likeness (QED) is 0.358. The van der Waals surface area contributed by atoms with E-state index in [4.69, 9.17) is 18.6 Å². The Morgan fingerprint density at radius 3 is 2.11 bits per heavy atom. The minimum atomic E-state index is -0.0669. The lowest BCUT2D eigenvalue weighted by Crippen LogP contribution is -2.47. The highest BCUT2D eigenvalue weighted by molar-refractivity contribution is 5.82. The maximum atomic E-state index is 13.0. The molecule has 4 aromatic rings. The van der Waals surface area contributed by atoms with E-state index < -0.39 is 0 Å². The molecule has 0 atom stereocenters. The van der Waals surface area contributed by atoms with E-state index in [-0.39, 0.29) is 5.43 Å². The van der Waals surface area contributed by atoms with Crippen molar-refractivity contribution in [3.05, 3.63) is 83.2 Å². The molecule has 5 rings (SSSR count). The molecule has 1 fully saturated rings. The number of fused-ring (bicyclic) bond motifs is 1. The molecule has 1 saturated heterocycles. The lowest BCUT2D eigenvalue weighted by molar-refractivity contribution is 0.200. The Morgan fingerprint density at radius 2 is 1.44 bits per heavy atom. The summed E-state index contributed by atoms with van der Waals surface area (Å²) in [5, 5.41) is 0.533. The Hall–Kier alpha value is -3.97. The van der Waals surface area contributed by atoms with Gasteiger partial charge in [-0.1, -0.05) is 12.1 Å². The highest BCUT2D eigenvalue weighted by Crippen LogP contribution is 2.25. The molecular weight excluding hydrogens is 456 g/mol. The predicted octanol–water partition coefficient (Wildman–Crippen LogP) is 4.68. The van der Waals surface area contributed by atoms with E-state index >= 15 is 0 Å². The topological polar surface area (TPSA) is 64.4 Å². The van der Waals surface area contributed by atoms with Crippen molar-refractivity contribution in [1.29, 1.82) is 0 Å². The second-order valence-electron chi connectivity index (χ2n) is 8.74. The van der Waals surface area contributed by atoms with Gasteiger partial charge in [0.25, 0.3) is 0 Å². The third-order valence-electron chi connectivity index (χ3n) is 6.63. The molecule has 0 amide bonds. The van der Waals surface area contributed by atoms with Crippen LogP contribution >= 0.6 is 0 Å². The van der Waals surface area contributed by atoms with Gasteiger partial charge in [-0.3, -0.25) is 9.69 Å². The van der Waals surface area contributed by atoms with Crippen LogP contribution in [0.4, 0.5) is 5.69 Å². The number of methoxy groups -OCH3 is 2. The first kappa shape index (κ1) is 23.8. The number of anilines is 1. The van der Waals surface area contributed by atoms with Gasteiger partial charge in [-0.05, 0) is 54.1 Å². The SMILES string of the molecule is COc1ccc(-c2coc3cc(OCCN4CCN(c5ccc(OC)cc5)CC4)ccc3c2=O)cc1. The van der Waals surface area contributed by atoms with Crippen LogP contribution in [-0.4, -0.2) is 58.5 Å². The van der Waals surface area contributed by atoms with Gasteiger partial charge in [0.2, 0.25) is 0 Å². The van der Waals surface area contributed by atoms with Crippen LogP contribution in [0.25, 0.3) is 22.1 Å². The van der Waals surface area contributed by atoms with Gasteiger partial charge in [0.05, 0.1) is 25.2 Å². The van der Waals surface area contributed by atoms with Crippen LogP contribution in [0.1, 0.15) is 0 Å². The molecule has 0 spiro atoms. The standard InChI is InChI=1S/C29H30N2O5/c1-33-23-7-3-21(4-8-23)27-20-36-28-19-25(11-12-26(28)29(27)32)35-18-17-30-13-15-31(16-14-30)22-5-9-24(34-2)10-6-22/h3-12,19-20H,13-18H2,1-2H3. The minimum absolute atomic E-state index is 0.0669. The summed E-state index contributed by atoms with van der Waals surface area (Å²) in [6, 6.07) is 21.0. The van der Waals surface area contributed by atoms with Crippen molar-refractivity contribution in [3.63, 3.8) is 0 Å². The molecular formula is C29H30N2O5. The van der Waals surface area contributed by atoms with Crippen molar-refractivity contribution in [1.82, 2.24) is 4.90 Å². The Morgan fingerprint density at radius 1 is 0.806 bits per heavy atom. The van der Waals surface area contributed by atoms with Gasteiger partial charge < -0.3 is 23.5 Å². The summed E-state index contributed by atoms with van der Waals surface area (Å²) < 4.78 is 22.2. The van der Waals surface area contributed by atoms with Gasteiger partial charge in [0.1, 0.15) is 35.7 Å². The fraction of sp³-hybridized carbons (Fsp3) is 0.276. The molecule has 7 heteroatoms. The second-order valence-corrected chi connectivity index (χ2v) is 8.74. The number of ether oxygens (including phenoxy) is 3. The first-order valence-corrected chi connectivity index (χ1v) is 12.1. The molecule has 0 bridgehead atoms. The van der Waals surface area contributed by atoms with Crippen LogP contribution in [0.15, 0.2) is 82.2 Å². The van der Waals surface area contributed by atoms with Crippen LogP contribution in [0.5, 0.6) is 17.2 Å². The van der Waals surface area contributed by atoms with Gasteiger partial charge >= 0.3 is 0 Å². The molecule has 3 aromatic carbocycles. The normalized spacial score (nSPS) is 14.1. The van der Waals surface area contributed by atoms with Crippen molar-refractivity contribution in [3.8, 4) is 28.4 Å². The lowest BCUT2D eigenvalue weighted by Gasteiger charge is -2.36. The third-order valence-corrected chi connectivity index (χ3v) is 6.63. The van der Waals surface area contributed by atoms with E-state index in [0.717, 1.165) is 49.8 Å². The maximum absolute atomic E-state index is 13.0. The smallest absolute Gasteiger partial charge is 0.200 e.